The normalized spacial score (nSPS) is 10.5. The van der Waals surface area contributed by atoms with E-state index in [9.17, 15) is 4.79 Å². The molecule has 0 saturated carbocycles. The smallest absolute Gasteiger partial charge is 0.202 e. The quantitative estimate of drug-likeness (QED) is 0.507. The molecule has 0 atom stereocenters. The summed E-state index contributed by atoms with van der Waals surface area (Å²) in [5, 5.41) is 0. The van der Waals surface area contributed by atoms with Crippen LogP contribution in [0.4, 0.5) is 0 Å². The molecule has 0 unspecified atom stereocenters. The first-order valence-electron chi connectivity index (χ1n) is 6.13. The van der Waals surface area contributed by atoms with Crippen molar-refractivity contribution in [2.75, 3.05) is 0 Å². The molecule has 1 aromatic carbocycles. The molecule has 0 fully saturated rings. The number of aromatic nitrogens is 1. The summed E-state index contributed by atoms with van der Waals surface area (Å²) in [5.41, 5.74) is 3.65. The van der Waals surface area contributed by atoms with Crippen LogP contribution in [0.5, 0.6) is 0 Å². The molecule has 0 saturated heterocycles. The minimum atomic E-state index is -0.0648. The van der Waals surface area contributed by atoms with Gasteiger partial charge in [0.25, 0.3) is 0 Å². The van der Waals surface area contributed by atoms with Crippen LogP contribution in [0, 0.1) is 0 Å². The Morgan fingerprint density at radius 2 is 1.79 bits per heavy atom. The number of fused-ring (bicyclic) bond motifs is 1. The van der Waals surface area contributed by atoms with Crippen molar-refractivity contribution in [1.82, 2.24) is 4.40 Å². The Hall–Kier alpha value is -2.61. The average molecular weight is 247 g/mol. The zero-order chi connectivity index (χ0) is 13.2. The van der Waals surface area contributed by atoms with E-state index in [2.05, 4.69) is 6.58 Å². The third-order valence-corrected chi connectivity index (χ3v) is 3.18. The van der Waals surface area contributed by atoms with Gasteiger partial charge >= 0.3 is 0 Å². The fourth-order valence-corrected chi connectivity index (χ4v) is 2.31. The number of carbonyl (C=O) groups is 1. The first-order chi connectivity index (χ1) is 9.31. The summed E-state index contributed by atoms with van der Waals surface area (Å²) in [6.45, 7) is 3.60. The van der Waals surface area contributed by atoms with Crippen LogP contribution in [-0.4, -0.2) is 10.2 Å². The number of carbonyl (C=O) groups excluding carboxylic acids is 1. The summed E-state index contributed by atoms with van der Waals surface area (Å²) in [6, 6.07) is 17.8. The summed E-state index contributed by atoms with van der Waals surface area (Å²) >= 11 is 0. The van der Waals surface area contributed by atoms with Crippen LogP contribution in [0.1, 0.15) is 10.5 Å². The number of benzene rings is 1. The summed E-state index contributed by atoms with van der Waals surface area (Å²) < 4.78 is 1.91. The second kappa shape index (κ2) is 4.58. The van der Waals surface area contributed by atoms with E-state index in [0.29, 0.717) is 5.69 Å². The van der Waals surface area contributed by atoms with E-state index in [1.165, 1.54) is 6.08 Å². The monoisotopic (exact) mass is 247 g/mol. The van der Waals surface area contributed by atoms with E-state index < -0.39 is 0 Å². The minimum Gasteiger partial charge on any atom is -0.313 e. The van der Waals surface area contributed by atoms with Crippen LogP contribution >= 0.6 is 0 Å². The zero-order valence-electron chi connectivity index (χ0n) is 10.4. The zero-order valence-corrected chi connectivity index (χ0v) is 10.4. The van der Waals surface area contributed by atoms with Crippen molar-refractivity contribution in [3.63, 3.8) is 0 Å². The van der Waals surface area contributed by atoms with Crippen LogP contribution in [0.2, 0.25) is 0 Å². The van der Waals surface area contributed by atoms with Crippen molar-refractivity contribution in [2.45, 2.75) is 0 Å². The molecule has 2 aromatic heterocycles. The second-order valence-electron chi connectivity index (χ2n) is 4.34. The van der Waals surface area contributed by atoms with Crippen molar-refractivity contribution in [1.29, 1.82) is 0 Å². The number of hydrogen-bond donors (Lipinski definition) is 0. The van der Waals surface area contributed by atoms with Gasteiger partial charge in [-0.05, 0) is 29.8 Å². The molecular formula is C17H13NO. The molecule has 0 spiro atoms. The highest BCUT2D eigenvalue weighted by Crippen LogP contribution is 2.28. The number of hydrogen-bond acceptors (Lipinski definition) is 1. The van der Waals surface area contributed by atoms with Crippen molar-refractivity contribution in [3.8, 4) is 11.1 Å². The van der Waals surface area contributed by atoms with E-state index in [-0.39, 0.29) is 5.78 Å². The molecule has 0 radical (unpaired) electrons. The molecule has 2 heteroatoms. The molecule has 92 valence electrons. The molecule has 3 rings (SSSR count). The Bertz CT molecular complexity index is 753. The minimum absolute atomic E-state index is 0.0648. The van der Waals surface area contributed by atoms with E-state index in [4.69, 9.17) is 0 Å². The standard InChI is InChI=1S/C17H13NO/c1-2-16(19)17-15(13-8-4-3-5-9-13)12-14-10-6-7-11-18(14)17/h2-12H,1H2. The Kier molecular flexibility index (Phi) is 2.76. The molecule has 2 heterocycles. The van der Waals surface area contributed by atoms with Gasteiger partial charge in [-0.25, -0.2) is 0 Å². The maximum atomic E-state index is 12.1. The van der Waals surface area contributed by atoms with Crippen molar-refractivity contribution >= 4 is 11.3 Å². The van der Waals surface area contributed by atoms with E-state index in [0.717, 1.165) is 16.6 Å². The van der Waals surface area contributed by atoms with Crippen LogP contribution in [-0.2, 0) is 0 Å². The first-order valence-corrected chi connectivity index (χ1v) is 6.13. The second-order valence-corrected chi connectivity index (χ2v) is 4.34. The van der Waals surface area contributed by atoms with Crippen molar-refractivity contribution < 1.29 is 4.79 Å². The largest absolute Gasteiger partial charge is 0.313 e. The molecule has 0 amide bonds. The number of pyridine rings is 1. The summed E-state index contributed by atoms with van der Waals surface area (Å²) in [5.74, 6) is -0.0648. The van der Waals surface area contributed by atoms with Gasteiger partial charge in [0.1, 0.15) is 5.69 Å². The lowest BCUT2D eigenvalue weighted by atomic mass is 10.0. The fraction of sp³-hybridized carbons (Fsp3) is 0. The predicted octanol–water partition coefficient (Wildman–Crippen LogP) is 3.98. The highest BCUT2D eigenvalue weighted by molar-refractivity contribution is 6.09. The van der Waals surface area contributed by atoms with Gasteiger partial charge < -0.3 is 4.40 Å². The molecule has 0 bridgehead atoms. The van der Waals surface area contributed by atoms with Gasteiger partial charge in [-0.3, -0.25) is 4.79 Å². The Morgan fingerprint density at radius 1 is 1.05 bits per heavy atom. The van der Waals surface area contributed by atoms with Gasteiger partial charge in [-0.2, -0.15) is 0 Å². The molecule has 0 aliphatic heterocycles. The molecule has 0 aliphatic rings. The van der Waals surface area contributed by atoms with Gasteiger partial charge in [-0.15, -0.1) is 0 Å². The van der Waals surface area contributed by atoms with Crippen LogP contribution in [0.25, 0.3) is 16.6 Å². The van der Waals surface area contributed by atoms with Gasteiger partial charge in [0.2, 0.25) is 5.78 Å². The van der Waals surface area contributed by atoms with E-state index in [1.54, 1.807) is 0 Å². The summed E-state index contributed by atoms with van der Waals surface area (Å²) in [4.78, 5) is 12.1. The molecule has 19 heavy (non-hydrogen) atoms. The molecule has 0 N–H and O–H groups in total. The molecule has 3 aromatic rings. The van der Waals surface area contributed by atoms with Crippen LogP contribution < -0.4 is 0 Å². The highest BCUT2D eigenvalue weighted by Gasteiger charge is 2.15. The van der Waals surface area contributed by atoms with E-state index >= 15 is 0 Å². The highest BCUT2D eigenvalue weighted by atomic mass is 16.1. The maximum absolute atomic E-state index is 12.1. The van der Waals surface area contributed by atoms with Gasteiger partial charge in [0.05, 0.1) is 0 Å². The topological polar surface area (TPSA) is 21.5 Å². The lowest BCUT2D eigenvalue weighted by molar-refractivity contribution is 0.104. The van der Waals surface area contributed by atoms with E-state index in [1.807, 2.05) is 65.2 Å². The number of ketones is 1. The van der Waals surface area contributed by atoms with Crippen molar-refractivity contribution in [2.24, 2.45) is 0 Å². The van der Waals surface area contributed by atoms with Crippen LogP contribution in [0.15, 0.2) is 73.4 Å². The molecule has 2 nitrogen and oxygen atoms in total. The number of rotatable bonds is 3. The first kappa shape index (κ1) is 11.5. The lowest BCUT2D eigenvalue weighted by Gasteiger charge is -2.03. The SMILES string of the molecule is C=CC(=O)c1c(-c2ccccc2)cc2ccccn12. The van der Waals surface area contributed by atoms with Crippen molar-refractivity contribution in [3.05, 3.63) is 79.1 Å². The predicted molar refractivity (Wildman–Crippen MR) is 77.4 cm³/mol. The number of nitrogens with zero attached hydrogens (tertiary/aromatic N) is 1. The summed E-state index contributed by atoms with van der Waals surface area (Å²) in [6.07, 6.45) is 3.26. The molecular weight excluding hydrogens is 234 g/mol. The molecule has 0 aliphatic carbocycles. The van der Waals surface area contributed by atoms with Gasteiger partial charge in [0.15, 0.2) is 0 Å². The lowest BCUT2D eigenvalue weighted by Crippen LogP contribution is -2.01. The number of allylic oxidation sites excluding steroid dienone is 1. The fourth-order valence-electron chi connectivity index (χ4n) is 2.31. The third-order valence-electron chi connectivity index (χ3n) is 3.18. The van der Waals surface area contributed by atoms with Crippen LogP contribution in [0.3, 0.4) is 0 Å². The third kappa shape index (κ3) is 1.87. The Morgan fingerprint density at radius 3 is 2.53 bits per heavy atom. The summed E-state index contributed by atoms with van der Waals surface area (Å²) in [7, 11) is 0. The van der Waals surface area contributed by atoms with Gasteiger partial charge in [-0.1, -0.05) is 43.0 Å². The maximum Gasteiger partial charge on any atom is 0.202 e. The van der Waals surface area contributed by atoms with Gasteiger partial charge in [0, 0.05) is 17.3 Å². The Balaban J connectivity index is 2.35. The average Bonchev–Trinajstić information content (AvgIpc) is 2.87. The Labute approximate surface area is 111 Å².